The molecule has 0 unspecified atom stereocenters. The Morgan fingerprint density at radius 3 is 1.00 bits per heavy atom. The van der Waals surface area contributed by atoms with E-state index >= 15 is 0 Å². The summed E-state index contributed by atoms with van der Waals surface area (Å²) in [4.78, 5) is 19.7. The second-order valence-corrected chi connectivity index (χ2v) is 5.41. The van der Waals surface area contributed by atoms with Gasteiger partial charge in [-0.15, -0.1) is 8.78 Å². The Kier molecular flexibility index (Phi) is 13.7. The van der Waals surface area contributed by atoms with Crippen molar-refractivity contribution in [2.75, 3.05) is 56.4 Å². The zero-order valence-corrected chi connectivity index (χ0v) is 14.5. The molecule has 0 saturated heterocycles. The summed E-state index contributed by atoms with van der Waals surface area (Å²) in [5, 5.41) is 0. The first-order valence-corrected chi connectivity index (χ1v) is 7.00. The SMILES string of the molecule is CN(C)C(F)=[N+](C)C.CN(C)C(F)=[N+](C)C.O=P([O-])([O-])F. The van der Waals surface area contributed by atoms with E-state index in [1.54, 1.807) is 56.4 Å². The molecule has 0 spiro atoms. The van der Waals surface area contributed by atoms with Gasteiger partial charge in [-0.2, -0.15) is 0 Å². The van der Waals surface area contributed by atoms with Gasteiger partial charge in [-0.3, -0.25) is 0 Å². The first-order valence-electron chi connectivity index (χ1n) is 5.57. The molecule has 11 heteroatoms. The van der Waals surface area contributed by atoms with Gasteiger partial charge in [0.15, 0.2) is 0 Å². The van der Waals surface area contributed by atoms with E-state index in [0.29, 0.717) is 0 Å². The quantitative estimate of drug-likeness (QED) is 0.188. The van der Waals surface area contributed by atoms with Crippen molar-refractivity contribution in [3.8, 4) is 0 Å². The average Bonchev–Trinajstić information content (AvgIpc) is 2.24. The van der Waals surface area contributed by atoms with Crippen LogP contribution < -0.4 is 9.79 Å². The third kappa shape index (κ3) is 24.3. The molecular weight excluding hydrogens is 312 g/mol. The molecule has 0 amide bonds. The summed E-state index contributed by atoms with van der Waals surface area (Å²) >= 11 is 0. The summed E-state index contributed by atoms with van der Waals surface area (Å²) in [6.45, 7) is 0. The fraction of sp³-hybridized carbons (Fsp3) is 0.800. The fourth-order valence-electron chi connectivity index (χ4n) is 0.800. The van der Waals surface area contributed by atoms with E-state index in [0.717, 1.165) is 0 Å². The topological polar surface area (TPSA) is 75.7 Å². The molecule has 0 atom stereocenters. The Balaban J connectivity index is -0.000000239. The maximum absolute atomic E-state index is 12.4. The molecule has 0 aliphatic heterocycles. The lowest BCUT2D eigenvalue weighted by Crippen LogP contribution is -2.25. The van der Waals surface area contributed by atoms with Crippen molar-refractivity contribution in [1.29, 1.82) is 0 Å². The number of halogens is 3. The summed E-state index contributed by atoms with van der Waals surface area (Å²) in [7, 11) is 7.66. The maximum atomic E-state index is 12.4. The van der Waals surface area contributed by atoms with E-state index in [1.807, 2.05) is 0 Å². The van der Waals surface area contributed by atoms with Gasteiger partial charge in [-0.25, -0.2) is 23.1 Å². The molecule has 0 aromatic heterocycles. The minimum Gasteiger partial charge on any atom is -0.786 e. The predicted octanol–water partition coefficient (Wildman–Crippen LogP) is -0.924. The summed E-state index contributed by atoms with van der Waals surface area (Å²) in [5.41, 5.74) is 0. The van der Waals surface area contributed by atoms with Crippen molar-refractivity contribution in [3.63, 3.8) is 0 Å². The molecule has 0 N–H and O–H groups in total. The van der Waals surface area contributed by atoms with Crippen molar-refractivity contribution in [3.05, 3.63) is 0 Å². The van der Waals surface area contributed by atoms with Gasteiger partial charge in [-0.05, 0) is 0 Å². The van der Waals surface area contributed by atoms with E-state index < -0.39 is 7.91 Å². The van der Waals surface area contributed by atoms with Gasteiger partial charge in [0.05, 0.1) is 56.4 Å². The second kappa shape index (κ2) is 11.5. The fourth-order valence-corrected chi connectivity index (χ4v) is 0.800. The molecule has 0 aliphatic carbocycles. The molecular formula is C10H24F3N4O3P. The molecule has 0 radical (unpaired) electrons. The average molecular weight is 336 g/mol. The summed E-state index contributed by atoms with van der Waals surface area (Å²) in [6, 6.07) is 0. The van der Waals surface area contributed by atoms with Crippen molar-refractivity contribution < 1.29 is 36.5 Å². The van der Waals surface area contributed by atoms with Crippen molar-refractivity contribution >= 4 is 20.1 Å². The Morgan fingerprint density at radius 1 is 0.857 bits per heavy atom. The highest BCUT2D eigenvalue weighted by atomic mass is 31.2. The Hall–Kier alpha value is -1.12. The van der Waals surface area contributed by atoms with Crippen LogP contribution in [0.4, 0.5) is 13.0 Å². The van der Waals surface area contributed by atoms with Crippen LogP contribution in [-0.2, 0) is 4.57 Å². The number of hydrogen-bond donors (Lipinski definition) is 0. The lowest BCUT2D eigenvalue weighted by molar-refractivity contribution is -0.476. The molecule has 0 saturated carbocycles. The summed E-state index contributed by atoms with van der Waals surface area (Å²) < 4.78 is 46.2. The third-order valence-corrected chi connectivity index (χ3v) is 1.48. The van der Waals surface area contributed by atoms with Crippen LogP contribution in [0.1, 0.15) is 0 Å². The molecule has 0 aromatic rings. The van der Waals surface area contributed by atoms with Gasteiger partial charge >= 0.3 is 12.2 Å². The number of hydrogen-bond acceptors (Lipinski definition) is 3. The lowest BCUT2D eigenvalue weighted by Gasteiger charge is -2.15. The summed E-state index contributed by atoms with van der Waals surface area (Å²) in [6.07, 6.45) is -0.463. The van der Waals surface area contributed by atoms with E-state index in [9.17, 15) is 13.0 Å². The minimum atomic E-state index is -5.64. The summed E-state index contributed by atoms with van der Waals surface area (Å²) in [5.74, 6) is 0. The van der Waals surface area contributed by atoms with Crippen molar-refractivity contribution in [2.45, 2.75) is 0 Å². The highest BCUT2D eigenvalue weighted by Crippen LogP contribution is 2.22. The van der Waals surface area contributed by atoms with Crippen LogP contribution in [0.5, 0.6) is 0 Å². The van der Waals surface area contributed by atoms with Crippen LogP contribution in [0.25, 0.3) is 0 Å². The van der Waals surface area contributed by atoms with Crippen LogP contribution >= 0.6 is 7.91 Å². The third-order valence-electron chi connectivity index (χ3n) is 1.48. The Labute approximate surface area is 123 Å². The van der Waals surface area contributed by atoms with Gasteiger partial charge in [0.1, 0.15) is 7.91 Å². The zero-order valence-electron chi connectivity index (χ0n) is 13.6. The number of rotatable bonds is 0. The zero-order chi connectivity index (χ0) is 18.0. The largest absolute Gasteiger partial charge is 0.786 e. The molecule has 7 nitrogen and oxygen atoms in total. The van der Waals surface area contributed by atoms with E-state index in [2.05, 4.69) is 0 Å². The van der Waals surface area contributed by atoms with E-state index in [1.165, 1.54) is 19.0 Å². The van der Waals surface area contributed by atoms with Crippen molar-refractivity contribution in [1.82, 2.24) is 9.80 Å². The van der Waals surface area contributed by atoms with E-state index in [4.69, 9.17) is 14.4 Å². The molecule has 0 bridgehead atoms. The predicted molar refractivity (Wildman–Crippen MR) is 72.5 cm³/mol. The maximum Gasteiger partial charge on any atom is 0.435 e. The van der Waals surface area contributed by atoms with Crippen LogP contribution in [0.3, 0.4) is 0 Å². The standard InChI is InChI=1S/2C5H12FN2.FH2O3P/c2*1-7(2)5(6)8(3)4;1-5(2,3)4/h2*1-4H3;(H2,2,3,4)/q2*+1;/p-2. The van der Waals surface area contributed by atoms with Gasteiger partial charge in [0.25, 0.3) is 0 Å². The molecule has 21 heavy (non-hydrogen) atoms. The number of amidine groups is 2. The minimum absolute atomic E-state index is 0.231. The van der Waals surface area contributed by atoms with Gasteiger partial charge in [0, 0.05) is 0 Å². The highest BCUT2D eigenvalue weighted by Gasteiger charge is 2.07. The number of nitrogens with zero attached hydrogens (tertiary/aromatic N) is 4. The van der Waals surface area contributed by atoms with E-state index in [-0.39, 0.29) is 12.2 Å². The van der Waals surface area contributed by atoms with Gasteiger partial charge < -0.3 is 14.4 Å². The Bertz CT molecular complexity index is 364. The molecule has 0 aromatic carbocycles. The molecule has 128 valence electrons. The van der Waals surface area contributed by atoms with Crippen LogP contribution in [0.2, 0.25) is 0 Å². The lowest BCUT2D eigenvalue weighted by atomic mass is 10.8. The molecule has 0 rings (SSSR count). The first-order chi connectivity index (χ1) is 9.11. The first kappa shape index (κ1) is 24.9. The smallest absolute Gasteiger partial charge is 0.435 e. The molecule has 0 heterocycles. The molecule has 0 aliphatic rings. The van der Waals surface area contributed by atoms with Gasteiger partial charge in [-0.1, -0.05) is 0 Å². The van der Waals surface area contributed by atoms with Crippen LogP contribution in [0.15, 0.2) is 0 Å². The van der Waals surface area contributed by atoms with Crippen LogP contribution in [-0.4, -0.2) is 87.5 Å². The molecule has 0 fully saturated rings. The monoisotopic (exact) mass is 336 g/mol. The second-order valence-electron chi connectivity index (χ2n) is 4.55. The van der Waals surface area contributed by atoms with Gasteiger partial charge in [0.2, 0.25) is 0 Å². The Morgan fingerprint density at radius 2 is 1.00 bits per heavy atom. The van der Waals surface area contributed by atoms with Crippen molar-refractivity contribution in [2.24, 2.45) is 0 Å². The van der Waals surface area contributed by atoms with Crippen LogP contribution in [0, 0.1) is 0 Å². The normalized spacial score (nSPS) is 9.38. The highest BCUT2D eigenvalue weighted by molar-refractivity contribution is 7.42.